The van der Waals surface area contributed by atoms with Gasteiger partial charge in [-0.25, -0.2) is 9.37 Å². The van der Waals surface area contributed by atoms with Crippen molar-refractivity contribution < 1.29 is 13.9 Å². The number of nitrogens with zero attached hydrogens (tertiary/aromatic N) is 3. The van der Waals surface area contributed by atoms with E-state index >= 15 is 0 Å². The van der Waals surface area contributed by atoms with Gasteiger partial charge in [-0.05, 0) is 12.1 Å². The van der Waals surface area contributed by atoms with Crippen molar-refractivity contribution in [2.75, 3.05) is 20.2 Å². The van der Waals surface area contributed by atoms with Crippen LogP contribution in [0.5, 0.6) is 5.75 Å². The van der Waals surface area contributed by atoms with Gasteiger partial charge in [0.2, 0.25) is 0 Å². The molecule has 1 aromatic heterocycles. The van der Waals surface area contributed by atoms with Crippen LogP contribution in [0.2, 0.25) is 5.15 Å². The second kappa shape index (κ2) is 6.99. The van der Waals surface area contributed by atoms with Crippen molar-refractivity contribution in [2.24, 2.45) is 0 Å². The zero-order valence-corrected chi connectivity index (χ0v) is 12.0. The molecular formula is C14H13ClFN3O2. The molecule has 1 aromatic carbocycles. The molecular weight excluding hydrogens is 297 g/mol. The number of ether oxygens (including phenoxy) is 1. The van der Waals surface area contributed by atoms with E-state index in [1.807, 2.05) is 0 Å². The van der Waals surface area contributed by atoms with Crippen LogP contribution in [-0.2, 0) is 0 Å². The van der Waals surface area contributed by atoms with E-state index in [-0.39, 0.29) is 35.7 Å². The van der Waals surface area contributed by atoms with Crippen molar-refractivity contribution in [3.63, 3.8) is 0 Å². The van der Waals surface area contributed by atoms with E-state index in [1.54, 1.807) is 19.2 Å². The summed E-state index contributed by atoms with van der Waals surface area (Å²) in [6.45, 7) is 0.443. The van der Waals surface area contributed by atoms with Gasteiger partial charge in [0.15, 0.2) is 11.6 Å². The molecule has 1 heterocycles. The first-order chi connectivity index (χ1) is 10.1. The SMILES string of the molecule is CN(CCOc1ccccc1F)C(=O)c1cncc(Cl)n1. The van der Waals surface area contributed by atoms with E-state index in [4.69, 9.17) is 16.3 Å². The molecule has 5 nitrogen and oxygen atoms in total. The maximum absolute atomic E-state index is 13.3. The molecule has 0 saturated heterocycles. The molecule has 0 unspecified atom stereocenters. The van der Waals surface area contributed by atoms with Crippen LogP contribution in [-0.4, -0.2) is 41.0 Å². The highest BCUT2D eigenvalue weighted by Crippen LogP contribution is 2.15. The zero-order chi connectivity index (χ0) is 15.2. The number of carbonyl (C=O) groups excluding carboxylic acids is 1. The van der Waals surface area contributed by atoms with Gasteiger partial charge in [0.1, 0.15) is 17.5 Å². The Labute approximate surface area is 126 Å². The number of amides is 1. The molecule has 0 aliphatic carbocycles. The maximum Gasteiger partial charge on any atom is 0.273 e. The first-order valence-electron chi connectivity index (χ1n) is 6.18. The highest BCUT2D eigenvalue weighted by atomic mass is 35.5. The number of hydrogen-bond donors (Lipinski definition) is 0. The van der Waals surface area contributed by atoms with Crippen LogP contribution < -0.4 is 4.74 Å². The van der Waals surface area contributed by atoms with E-state index in [9.17, 15) is 9.18 Å². The number of para-hydroxylation sites is 1. The summed E-state index contributed by atoms with van der Waals surface area (Å²) in [5.41, 5.74) is 0.149. The van der Waals surface area contributed by atoms with Gasteiger partial charge < -0.3 is 9.64 Å². The minimum absolute atomic E-state index is 0.149. The van der Waals surface area contributed by atoms with Crippen molar-refractivity contribution >= 4 is 17.5 Å². The highest BCUT2D eigenvalue weighted by Gasteiger charge is 2.14. The van der Waals surface area contributed by atoms with Gasteiger partial charge in [-0.1, -0.05) is 23.7 Å². The van der Waals surface area contributed by atoms with Gasteiger partial charge in [0.05, 0.1) is 18.9 Å². The summed E-state index contributed by atoms with van der Waals surface area (Å²) < 4.78 is 18.6. The molecule has 0 saturated carbocycles. The van der Waals surface area contributed by atoms with Crippen LogP contribution in [0.1, 0.15) is 10.5 Å². The Hall–Kier alpha value is -2.21. The van der Waals surface area contributed by atoms with Crippen molar-refractivity contribution in [2.45, 2.75) is 0 Å². The average molecular weight is 310 g/mol. The van der Waals surface area contributed by atoms with E-state index in [1.165, 1.54) is 29.4 Å². The summed E-state index contributed by atoms with van der Waals surface area (Å²) in [6.07, 6.45) is 2.68. The summed E-state index contributed by atoms with van der Waals surface area (Å²) >= 11 is 5.68. The molecule has 1 amide bonds. The fraction of sp³-hybridized carbons (Fsp3) is 0.214. The lowest BCUT2D eigenvalue weighted by Crippen LogP contribution is -2.31. The van der Waals surface area contributed by atoms with E-state index in [0.717, 1.165) is 0 Å². The third-order valence-corrected chi connectivity index (χ3v) is 2.87. The Morgan fingerprint density at radius 3 is 2.86 bits per heavy atom. The zero-order valence-electron chi connectivity index (χ0n) is 11.3. The number of likely N-dealkylation sites (N-methyl/N-ethyl adjacent to an activating group) is 1. The molecule has 0 spiro atoms. The topological polar surface area (TPSA) is 55.3 Å². The third-order valence-electron chi connectivity index (χ3n) is 2.69. The van der Waals surface area contributed by atoms with Gasteiger partial charge in [-0.2, -0.15) is 0 Å². The number of benzene rings is 1. The van der Waals surface area contributed by atoms with Gasteiger partial charge in [0, 0.05) is 7.05 Å². The van der Waals surface area contributed by atoms with Crippen LogP contribution in [0, 0.1) is 5.82 Å². The Kier molecular flexibility index (Phi) is 5.05. The lowest BCUT2D eigenvalue weighted by Gasteiger charge is -2.17. The van der Waals surface area contributed by atoms with Gasteiger partial charge >= 0.3 is 0 Å². The Morgan fingerprint density at radius 2 is 2.14 bits per heavy atom. The standard InChI is InChI=1S/C14H13ClFN3O2/c1-19(14(20)11-8-17-9-13(15)18-11)6-7-21-12-5-3-2-4-10(12)16/h2-5,8-9H,6-7H2,1H3. The monoisotopic (exact) mass is 309 g/mol. The Balaban J connectivity index is 1.89. The van der Waals surface area contributed by atoms with Gasteiger partial charge in [-0.3, -0.25) is 9.78 Å². The van der Waals surface area contributed by atoms with Crippen molar-refractivity contribution in [1.82, 2.24) is 14.9 Å². The molecule has 7 heteroatoms. The van der Waals surface area contributed by atoms with E-state index in [0.29, 0.717) is 0 Å². The fourth-order valence-electron chi connectivity index (χ4n) is 1.60. The minimum atomic E-state index is -0.438. The van der Waals surface area contributed by atoms with Crippen molar-refractivity contribution in [1.29, 1.82) is 0 Å². The summed E-state index contributed by atoms with van der Waals surface area (Å²) in [4.78, 5) is 21.1. The molecule has 0 aliphatic heterocycles. The average Bonchev–Trinajstić information content (AvgIpc) is 2.48. The van der Waals surface area contributed by atoms with Crippen LogP contribution >= 0.6 is 11.6 Å². The van der Waals surface area contributed by atoms with Crippen LogP contribution in [0.25, 0.3) is 0 Å². The van der Waals surface area contributed by atoms with Crippen molar-refractivity contribution in [3.05, 3.63) is 53.3 Å². The van der Waals surface area contributed by atoms with Crippen molar-refractivity contribution in [3.8, 4) is 5.75 Å². The molecule has 0 radical (unpaired) electrons. The number of carbonyl (C=O) groups is 1. The lowest BCUT2D eigenvalue weighted by molar-refractivity contribution is 0.0766. The molecule has 0 aliphatic rings. The lowest BCUT2D eigenvalue weighted by atomic mass is 10.3. The summed E-state index contributed by atoms with van der Waals surface area (Å²) in [7, 11) is 1.59. The predicted molar refractivity (Wildman–Crippen MR) is 75.9 cm³/mol. The quantitative estimate of drug-likeness (QED) is 0.851. The van der Waals surface area contributed by atoms with Crippen LogP contribution in [0.4, 0.5) is 4.39 Å². The number of aromatic nitrogens is 2. The number of rotatable bonds is 5. The minimum Gasteiger partial charge on any atom is -0.489 e. The Bertz CT molecular complexity index is 639. The molecule has 0 fully saturated rings. The smallest absolute Gasteiger partial charge is 0.273 e. The molecule has 21 heavy (non-hydrogen) atoms. The van der Waals surface area contributed by atoms with E-state index in [2.05, 4.69) is 9.97 Å². The molecule has 2 rings (SSSR count). The molecule has 2 aromatic rings. The maximum atomic E-state index is 13.3. The second-order valence-electron chi connectivity index (χ2n) is 4.23. The number of halogens is 2. The summed E-state index contributed by atoms with van der Waals surface area (Å²) in [5, 5.41) is 0.150. The number of hydrogen-bond acceptors (Lipinski definition) is 4. The fourth-order valence-corrected chi connectivity index (χ4v) is 1.74. The van der Waals surface area contributed by atoms with Gasteiger partial charge in [-0.15, -0.1) is 0 Å². The normalized spacial score (nSPS) is 10.2. The largest absolute Gasteiger partial charge is 0.489 e. The summed E-state index contributed by atoms with van der Waals surface area (Å²) in [6, 6.07) is 6.09. The second-order valence-corrected chi connectivity index (χ2v) is 4.62. The third kappa shape index (κ3) is 4.13. The summed E-state index contributed by atoms with van der Waals surface area (Å²) in [5.74, 6) is -0.616. The first-order valence-corrected chi connectivity index (χ1v) is 6.56. The molecule has 110 valence electrons. The molecule has 0 bridgehead atoms. The van der Waals surface area contributed by atoms with Crippen LogP contribution in [0.3, 0.4) is 0 Å². The molecule has 0 atom stereocenters. The first kappa shape index (κ1) is 15.2. The van der Waals surface area contributed by atoms with Crippen LogP contribution in [0.15, 0.2) is 36.7 Å². The van der Waals surface area contributed by atoms with Gasteiger partial charge in [0.25, 0.3) is 5.91 Å². The molecule has 0 N–H and O–H groups in total. The predicted octanol–water partition coefficient (Wildman–Crippen LogP) is 2.42. The highest BCUT2D eigenvalue weighted by molar-refractivity contribution is 6.29. The Morgan fingerprint density at radius 1 is 1.38 bits per heavy atom. The van der Waals surface area contributed by atoms with E-state index < -0.39 is 5.82 Å².